The predicted molar refractivity (Wildman–Crippen MR) is 147 cm³/mol. The molecule has 17 heteroatoms. The van der Waals surface area contributed by atoms with E-state index in [0.717, 1.165) is 12.3 Å². The quantitative estimate of drug-likeness (QED) is 0.142. The third kappa shape index (κ3) is 4.75. The number of aromatic nitrogens is 5. The van der Waals surface area contributed by atoms with Gasteiger partial charge in [-0.1, -0.05) is 11.6 Å². The molecule has 0 saturated carbocycles. The second-order valence-electron chi connectivity index (χ2n) is 9.87. The lowest BCUT2D eigenvalue weighted by Crippen LogP contribution is -2.57. The smallest absolute Gasteiger partial charge is 0.278 e. The summed E-state index contributed by atoms with van der Waals surface area (Å²) in [5.41, 5.74) is -1.12. The molecule has 1 aliphatic heterocycles. The maximum atomic E-state index is 14.5. The summed E-state index contributed by atoms with van der Waals surface area (Å²) in [6.07, 6.45) is 1.40. The topological polar surface area (TPSA) is 188 Å². The minimum absolute atomic E-state index is 0.0272. The van der Waals surface area contributed by atoms with E-state index in [4.69, 9.17) is 32.0 Å². The fourth-order valence-electron chi connectivity index (χ4n) is 4.70. The molecule has 0 spiro atoms. The van der Waals surface area contributed by atoms with Crippen LogP contribution in [0.15, 0.2) is 36.7 Å². The van der Waals surface area contributed by atoms with E-state index in [1.165, 1.54) is 43.0 Å². The summed E-state index contributed by atoms with van der Waals surface area (Å²) in [5.74, 6) is -8.01. The fourth-order valence-corrected chi connectivity index (χ4v) is 5.00. The Kier molecular flexibility index (Phi) is 7.00. The number of rotatable bonds is 3. The number of nitrogens with one attached hydrogen (secondary N) is 1. The Hall–Kier alpha value is -3.79. The number of ether oxygens (including phenoxy) is 1. The van der Waals surface area contributed by atoms with Gasteiger partial charge in [0.05, 0.1) is 22.2 Å². The molecule has 0 unspecified atom stereocenters. The molecule has 1 aliphatic rings. The second kappa shape index (κ2) is 9.90. The Balaban J connectivity index is 1.95. The van der Waals surface area contributed by atoms with Crippen LogP contribution in [0.3, 0.4) is 0 Å². The molecular weight excluding hydrogens is 572 g/mol. The SMILES string of the molecule is [B]C([B])(O)C(O)(O)n1nc(Cl)c2c1-c1cnc(NC(C)=O)c(c1)O[C@H](C)c1cc(F)ccc1-c1nn(C)cc1C2(O)O. The summed E-state index contributed by atoms with van der Waals surface area (Å²) < 4.78 is 22.2. The molecule has 3 aromatic heterocycles. The molecule has 4 radical (unpaired) electrons. The molecule has 0 aliphatic carbocycles. The van der Waals surface area contributed by atoms with Crippen molar-refractivity contribution in [2.75, 3.05) is 5.32 Å². The number of pyridine rings is 1. The lowest BCUT2D eigenvalue weighted by atomic mass is 9.62. The van der Waals surface area contributed by atoms with Crippen LogP contribution in [0.1, 0.15) is 36.6 Å². The predicted octanol–water partition coefficient (Wildman–Crippen LogP) is 0.314. The van der Waals surface area contributed by atoms with Gasteiger partial charge < -0.3 is 35.6 Å². The summed E-state index contributed by atoms with van der Waals surface area (Å²) in [6.45, 7) is 2.80. The van der Waals surface area contributed by atoms with Gasteiger partial charge in [0.15, 0.2) is 16.7 Å². The zero-order chi connectivity index (χ0) is 30.9. The first-order valence-corrected chi connectivity index (χ1v) is 12.6. The number of fused-ring (bicyclic) bond motifs is 7. The van der Waals surface area contributed by atoms with Gasteiger partial charge in [0.2, 0.25) is 11.7 Å². The first-order valence-electron chi connectivity index (χ1n) is 12.2. The molecule has 1 aromatic carbocycles. The maximum absolute atomic E-state index is 14.5. The average molecular weight is 595 g/mol. The monoisotopic (exact) mass is 594 g/mol. The Morgan fingerprint density at radius 2 is 1.90 bits per heavy atom. The summed E-state index contributed by atoms with van der Waals surface area (Å²) >= 11 is 6.40. The lowest BCUT2D eigenvalue weighted by Gasteiger charge is -2.36. The number of aryl methyl sites for hydroxylation is 1. The van der Waals surface area contributed by atoms with Gasteiger partial charge in [-0.15, -0.1) is 0 Å². The molecule has 0 fully saturated rings. The Morgan fingerprint density at radius 1 is 1.21 bits per heavy atom. The zero-order valence-electron chi connectivity index (χ0n) is 22.2. The number of carbonyl (C=O) groups excluding carboxylic acids is 1. The number of aliphatic hydroxyl groups is 5. The van der Waals surface area contributed by atoms with Crippen LogP contribution in [-0.4, -0.2) is 77.1 Å². The van der Waals surface area contributed by atoms with Gasteiger partial charge in [-0.05, 0) is 31.2 Å². The van der Waals surface area contributed by atoms with E-state index in [1.807, 2.05) is 0 Å². The van der Waals surface area contributed by atoms with E-state index in [1.54, 1.807) is 6.92 Å². The number of nitrogens with zero attached hydrogens (tertiary/aromatic N) is 5. The molecule has 0 saturated heterocycles. The third-order valence-electron chi connectivity index (χ3n) is 6.66. The fraction of sp³-hybridized carbons (Fsp3) is 0.280. The normalized spacial score (nSPS) is 16.3. The van der Waals surface area contributed by atoms with Crippen molar-refractivity contribution >= 4 is 39.0 Å². The molecule has 4 heterocycles. The van der Waals surface area contributed by atoms with Crippen molar-refractivity contribution in [3.05, 3.63) is 64.3 Å². The molecule has 6 N–H and O–H groups in total. The maximum Gasteiger partial charge on any atom is 0.278 e. The average Bonchev–Trinajstić information content (AvgIpc) is 3.44. The van der Waals surface area contributed by atoms with Crippen molar-refractivity contribution in [1.29, 1.82) is 0 Å². The Bertz CT molecular complexity index is 1740. The summed E-state index contributed by atoms with van der Waals surface area (Å²) in [5, 5.41) is 62.2. The van der Waals surface area contributed by atoms with E-state index in [9.17, 15) is 34.7 Å². The highest BCUT2D eigenvalue weighted by Gasteiger charge is 2.49. The van der Waals surface area contributed by atoms with E-state index >= 15 is 0 Å². The van der Waals surface area contributed by atoms with E-state index in [2.05, 4.69) is 20.5 Å². The molecule has 2 bridgehead atoms. The van der Waals surface area contributed by atoms with Crippen LogP contribution in [0.5, 0.6) is 5.75 Å². The number of anilines is 1. The standard InChI is InChI=1S/C25H22B2ClFN6O7/c1-10-15-7-13(29)4-5-14(15)19-16(9-34(3)32-19)23(37,38)18-20(35(33-21(18)28)25(40,41)24(26,27)39)12-6-17(42-10)22(30-8-12)31-11(2)36/h4-10,37-41H,1-3H3,(H,30,31,36)/t10-/m1/s1. The van der Waals surface area contributed by atoms with Gasteiger partial charge in [-0.2, -0.15) is 10.2 Å². The van der Waals surface area contributed by atoms with Gasteiger partial charge in [0, 0.05) is 43.1 Å². The highest BCUT2D eigenvalue weighted by molar-refractivity contribution is 6.39. The van der Waals surface area contributed by atoms with Crippen molar-refractivity contribution in [3.8, 4) is 28.3 Å². The molecule has 1 amide bonds. The van der Waals surface area contributed by atoms with Gasteiger partial charge in [-0.25, -0.2) is 14.1 Å². The highest BCUT2D eigenvalue weighted by atomic mass is 35.5. The molecule has 13 nitrogen and oxygen atoms in total. The first kappa shape index (κ1) is 29.7. The highest BCUT2D eigenvalue weighted by Crippen LogP contribution is 2.47. The van der Waals surface area contributed by atoms with Crippen LogP contribution < -0.4 is 10.1 Å². The van der Waals surface area contributed by atoms with Crippen LogP contribution in [0, 0.1) is 5.82 Å². The summed E-state index contributed by atoms with van der Waals surface area (Å²) in [4.78, 5) is 16.1. The Labute approximate surface area is 245 Å². The second-order valence-corrected chi connectivity index (χ2v) is 10.2. The minimum Gasteiger partial charge on any atom is -0.482 e. The largest absolute Gasteiger partial charge is 0.482 e. The van der Waals surface area contributed by atoms with E-state index in [0.29, 0.717) is 0 Å². The van der Waals surface area contributed by atoms with Gasteiger partial charge in [-0.3, -0.25) is 9.48 Å². The number of halogens is 2. The van der Waals surface area contributed by atoms with Crippen LogP contribution in [0.4, 0.5) is 10.2 Å². The van der Waals surface area contributed by atoms with Crippen LogP contribution in [0.25, 0.3) is 22.5 Å². The van der Waals surface area contributed by atoms with Gasteiger partial charge in [0.25, 0.3) is 5.91 Å². The molecular formula is C25H22B2ClFN6O7. The van der Waals surface area contributed by atoms with Crippen molar-refractivity contribution in [2.45, 2.75) is 37.0 Å². The summed E-state index contributed by atoms with van der Waals surface area (Å²) in [6, 6.07) is 4.93. The molecule has 4 aromatic rings. The van der Waals surface area contributed by atoms with Crippen LogP contribution in [0.2, 0.25) is 5.15 Å². The van der Waals surface area contributed by atoms with Crippen molar-refractivity contribution in [2.24, 2.45) is 7.05 Å². The van der Waals surface area contributed by atoms with Crippen LogP contribution >= 0.6 is 11.6 Å². The molecule has 1 atom stereocenters. The number of hydrogen-bond donors (Lipinski definition) is 6. The van der Waals surface area contributed by atoms with Crippen molar-refractivity contribution in [3.63, 3.8) is 0 Å². The molecule has 214 valence electrons. The minimum atomic E-state index is -3.59. The molecule has 5 rings (SSSR count). The van der Waals surface area contributed by atoms with Crippen molar-refractivity contribution in [1.82, 2.24) is 24.5 Å². The lowest BCUT2D eigenvalue weighted by molar-refractivity contribution is -0.283. The first-order chi connectivity index (χ1) is 19.4. The Morgan fingerprint density at radius 3 is 2.55 bits per heavy atom. The van der Waals surface area contributed by atoms with E-state index < -0.39 is 51.3 Å². The third-order valence-corrected chi connectivity index (χ3v) is 6.92. The van der Waals surface area contributed by atoms with Crippen molar-refractivity contribution < 1.29 is 39.5 Å². The number of benzene rings is 1. The van der Waals surface area contributed by atoms with E-state index in [-0.39, 0.29) is 44.2 Å². The number of hydrogen-bond acceptors (Lipinski definition) is 10. The zero-order valence-corrected chi connectivity index (χ0v) is 23.0. The molecule has 42 heavy (non-hydrogen) atoms. The number of amides is 1. The number of carbonyl (C=O) groups is 1. The van der Waals surface area contributed by atoms with Crippen LogP contribution in [-0.2, 0) is 23.5 Å². The summed E-state index contributed by atoms with van der Waals surface area (Å²) in [7, 11) is 12.3. The van der Waals surface area contributed by atoms with Gasteiger partial charge in [0.1, 0.15) is 33.3 Å². The van der Waals surface area contributed by atoms with Gasteiger partial charge >= 0.3 is 0 Å².